The average Bonchev–Trinajstić information content (AvgIpc) is 3.23. The van der Waals surface area contributed by atoms with Gasteiger partial charge in [-0.1, -0.05) is 32.1 Å². The molecule has 0 N–H and O–H groups in total. The molecule has 0 aliphatic carbocycles. The van der Waals surface area contributed by atoms with Gasteiger partial charge in [0, 0.05) is 23.7 Å². The van der Waals surface area contributed by atoms with Crippen LogP contribution in [0.2, 0.25) is 0 Å². The number of nitrogens with zero attached hydrogens (tertiary/aromatic N) is 6. The van der Waals surface area contributed by atoms with Gasteiger partial charge in [0.15, 0.2) is 6.40 Å². The van der Waals surface area contributed by atoms with Gasteiger partial charge in [-0.2, -0.15) is 0 Å². The molecule has 0 saturated heterocycles. The maximum atomic E-state index is 5.00. The summed E-state index contributed by atoms with van der Waals surface area (Å²) in [5.74, 6) is 0. The van der Waals surface area contributed by atoms with Crippen LogP contribution in [0.25, 0.3) is 0 Å². The predicted molar refractivity (Wildman–Crippen MR) is 111 cm³/mol. The molecule has 7 nitrogen and oxygen atoms in total. The Labute approximate surface area is 164 Å². The molecule has 0 atom stereocenters. The lowest BCUT2D eigenvalue weighted by Crippen LogP contribution is -2.28. The van der Waals surface area contributed by atoms with E-state index in [4.69, 9.17) is 4.74 Å². The lowest BCUT2D eigenvalue weighted by molar-refractivity contribution is 0.423. The zero-order valence-electron chi connectivity index (χ0n) is 16.7. The van der Waals surface area contributed by atoms with Crippen LogP contribution in [-0.2, 0) is 16.6 Å². The Morgan fingerprint density at radius 1 is 1.19 bits per heavy atom. The molecule has 0 bridgehead atoms. The van der Waals surface area contributed by atoms with Crippen molar-refractivity contribution in [1.29, 1.82) is 0 Å². The summed E-state index contributed by atoms with van der Waals surface area (Å²) >= 11 is 1.46. The molecule has 0 saturated carbocycles. The first-order valence-electron chi connectivity index (χ1n) is 9.04. The van der Waals surface area contributed by atoms with Crippen LogP contribution >= 0.6 is 11.3 Å². The number of aromatic nitrogens is 2. The largest absolute Gasteiger partial charge is 0.486 e. The van der Waals surface area contributed by atoms with Crippen LogP contribution in [0.5, 0.6) is 0 Å². The third-order valence-electron chi connectivity index (χ3n) is 4.33. The van der Waals surface area contributed by atoms with Crippen LogP contribution in [0.3, 0.4) is 0 Å². The molecule has 0 fully saturated rings. The molecule has 2 aromatic rings. The van der Waals surface area contributed by atoms with Crippen molar-refractivity contribution in [3.63, 3.8) is 0 Å². The molecule has 0 spiro atoms. The molecule has 3 rings (SSSR count). The molecular weight excluding hydrogens is 360 g/mol. The lowest BCUT2D eigenvalue weighted by atomic mass is 9.98. The van der Waals surface area contributed by atoms with E-state index in [-0.39, 0.29) is 5.41 Å². The zero-order chi connectivity index (χ0) is 19.6. The topological polar surface area (TPSA) is 75.3 Å². The number of benzene rings is 1. The Kier molecular flexibility index (Phi) is 5.55. The molecular formula is C19H26N6OS. The molecule has 0 unspecified atom stereocenters. The first kappa shape index (κ1) is 19.4. The van der Waals surface area contributed by atoms with Gasteiger partial charge in [-0.25, -0.2) is 4.99 Å². The number of anilines is 1. The van der Waals surface area contributed by atoms with Crippen LogP contribution in [0.4, 0.5) is 22.2 Å². The highest BCUT2D eigenvalue weighted by Gasteiger charge is 2.23. The summed E-state index contributed by atoms with van der Waals surface area (Å²) in [6.45, 7) is 11.7. The van der Waals surface area contributed by atoms with Crippen molar-refractivity contribution < 1.29 is 4.74 Å². The van der Waals surface area contributed by atoms with Gasteiger partial charge in [-0.05, 0) is 38.0 Å². The van der Waals surface area contributed by atoms with E-state index >= 15 is 0 Å². The number of azo groups is 1. The third-order valence-corrected chi connectivity index (χ3v) is 5.56. The minimum absolute atomic E-state index is 0.0484. The van der Waals surface area contributed by atoms with Crippen molar-refractivity contribution in [2.75, 3.05) is 18.6 Å². The van der Waals surface area contributed by atoms with E-state index in [1.165, 1.54) is 29.0 Å². The molecule has 0 amide bonds. The van der Waals surface area contributed by atoms with Crippen LogP contribution in [0, 0.1) is 0 Å². The predicted octanol–water partition coefficient (Wildman–Crippen LogP) is 5.33. The fraction of sp³-hybridized carbons (Fsp3) is 0.526. The van der Waals surface area contributed by atoms with E-state index in [1.54, 1.807) is 7.11 Å². The number of rotatable bonds is 5. The molecule has 1 aliphatic heterocycles. The Bertz CT molecular complexity index is 866. The highest BCUT2D eigenvalue weighted by Crippen LogP contribution is 2.40. The van der Waals surface area contributed by atoms with E-state index in [1.807, 2.05) is 0 Å². The summed E-state index contributed by atoms with van der Waals surface area (Å²) in [7, 11) is 1.58. The molecule has 1 aromatic carbocycles. The number of aliphatic imine (C=N–C) groups is 1. The number of hydrogen-bond acceptors (Lipinski definition) is 8. The summed E-state index contributed by atoms with van der Waals surface area (Å²) in [6, 6.07) is 4.57. The van der Waals surface area contributed by atoms with E-state index in [2.05, 4.69) is 77.1 Å². The summed E-state index contributed by atoms with van der Waals surface area (Å²) in [5.41, 5.74) is 3.86. The van der Waals surface area contributed by atoms with Crippen molar-refractivity contribution in [3.05, 3.63) is 22.7 Å². The highest BCUT2D eigenvalue weighted by atomic mass is 32.1. The number of hydrogen-bond donors (Lipinski definition) is 0. The summed E-state index contributed by atoms with van der Waals surface area (Å²) in [4.78, 5) is 6.77. The normalized spacial score (nSPS) is 14.7. The van der Waals surface area contributed by atoms with Crippen molar-refractivity contribution in [2.45, 2.75) is 52.5 Å². The minimum Gasteiger partial charge on any atom is -0.486 e. The minimum atomic E-state index is -0.0484. The van der Waals surface area contributed by atoms with Gasteiger partial charge >= 0.3 is 0 Å². The molecule has 1 aromatic heterocycles. The highest BCUT2D eigenvalue weighted by molar-refractivity contribution is 7.15. The summed E-state index contributed by atoms with van der Waals surface area (Å²) in [6.07, 6.45) is 2.41. The fourth-order valence-electron chi connectivity index (χ4n) is 2.92. The van der Waals surface area contributed by atoms with Crippen LogP contribution in [0.15, 0.2) is 27.4 Å². The van der Waals surface area contributed by atoms with Crippen LogP contribution in [-0.4, -0.2) is 36.3 Å². The van der Waals surface area contributed by atoms with Crippen molar-refractivity contribution in [1.82, 2.24) is 10.2 Å². The van der Waals surface area contributed by atoms with Gasteiger partial charge < -0.3 is 9.64 Å². The van der Waals surface area contributed by atoms with Crippen LogP contribution in [0.1, 0.15) is 45.2 Å². The first-order valence-corrected chi connectivity index (χ1v) is 9.86. The third kappa shape index (κ3) is 4.32. The van der Waals surface area contributed by atoms with E-state index in [9.17, 15) is 0 Å². The maximum absolute atomic E-state index is 5.00. The van der Waals surface area contributed by atoms with Gasteiger partial charge in [-0.3, -0.25) is 0 Å². The second-order valence-electron chi connectivity index (χ2n) is 7.82. The first-order chi connectivity index (χ1) is 12.8. The zero-order valence-corrected chi connectivity index (χ0v) is 17.5. The quantitative estimate of drug-likeness (QED) is 0.395. The SMILES string of the molecule is CO/C=N\c1cc2c(cc1N=Nc1nnc(C(C)(C)C)s1)CCN2C(C)C. The molecule has 0 radical (unpaired) electrons. The molecule has 2 heterocycles. The molecule has 8 heteroatoms. The van der Waals surface area contributed by atoms with Crippen LogP contribution < -0.4 is 4.90 Å². The fourth-order valence-corrected chi connectivity index (χ4v) is 3.65. The monoisotopic (exact) mass is 386 g/mol. The van der Waals surface area contributed by atoms with Gasteiger partial charge in [0.25, 0.3) is 5.13 Å². The number of fused-ring (bicyclic) bond motifs is 1. The summed E-state index contributed by atoms with van der Waals surface area (Å²) in [5, 5.41) is 18.6. The van der Waals surface area contributed by atoms with E-state index < -0.39 is 0 Å². The van der Waals surface area contributed by atoms with Gasteiger partial charge in [0.1, 0.15) is 10.7 Å². The average molecular weight is 387 g/mol. The number of ether oxygens (including phenoxy) is 1. The van der Waals surface area contributed by atoms with E-state index in [0.29, 0.717) is 16.9 Å². The van der Waals surface area contributed by atoms with Crippen molar-refractivity contribution in [3.8, 4) is 0 Å². The van der Waals surface area contributed by atoms with Gasteiger partial charge in [0.05, 0.1) is 12.8 Å². The Morgan fingerprint density at radius 3 is 2.59 bits per heavy atom. The Morgan fingerprint density at radius 2 is 1.96 bits per heavy atom. The number of methoxy groups -OCH3 is 1. The molecule has 144 valence electrons. The summed E-state index contributed by atoms with van der Waals surface area (Å²) < 4.78 is 5.00. The van der Waals surface area contributed by atoms with Gasteiger partial charge in [-0.15, -0.1) is 20.4 Å². The van der Waals surface area contributed by atoms with E-state index in [0.717, 1.165) is 23.7 Å². The maximum Gasteiger partial charge on any atom is 0.251 e. The second-order valence-corrected chi connectivity index (χ2v) is 8.77. The Hall–Kier alpha value is -2.35. The second kappa shape index (κ2) is 7.72. The smallest absolute Gasteiger partial charge is 0.251 e. The Balaban J connectivity index is 1.95. The van der Waals surface area contributed by atoms with Crippen molar-refractivity contribution in [2.24, 2.45) is 15.2 Å². The standard InChI is InChI=1S/C19H26N6OS/c1-12(2)25-8-7-13-9-15(14(10-16(13)25)20-11-26-6)21-23-18-24-22-17(27-18)19(3,4)5/h9-12H,7-8H2,1-6H3/b20-11-,23-21?. The molecule has 1 aliphatic rings. The lowest BCUT2D eigenvalue weighted by Gasteiger charge is -2.24. The van der Waals surface area contributed by atoms with Crippen molar-refractivity contribution >= 4 is 39.9 Å². The van der Waals surface area contributed by atoms with Gasteiger partial charge in [0.2, 0.25) is 0 Å². The molecule has 27 heavy (non-hydrogen) atoms.